The van der Waals surface area contributed by atoms with Gasteiger partial charge in [-0.25, -0.2) is 0 Å². The first-order valence-corrected chi connectivity index (χ1v) is 6.56. The van der Waals surface area contributed by atoms with Crippen molar-refractivity contribution in [2.45, 2.75) is 37.9 Å². The van der Waals surface area contributed by atoms with Crippen LogP contribution in [0.25, 0.3) is 0 Å². The second-order valence-electron chi connectivity index (χ2n) is 5.62. The van der Waals surface area contributed by atoms with Crippen LogP contribution in [-0.4, -0.2) is 39.8 Å². The molecule has 1 saturated heterocycles. The van der Waals surface area contributed by atoms with E-state index in [0.717, 1.165) is 25.9 Å². The third kappa shape index (κ3) is 1.72. The standard InChI is InChI=1S/C12H20BN3O/c1-13(17)16-7-5-12(6-8-16)4-3-10-9-15(2)14-11(10)12/h9,17H,3-8H2,1-2H3. The molecule has 1 aromatic heterocycles. The molecule has 0 aromatic carbocycles. The van der Waals surface area contributed by atoms with Gasteiger partial charge in [0.15, 0.2) is 0 Å². The molecular formula is C12H20BN3O. The monoisotopic (exact) mass is 233 g/mol. The SMILES string of the molecule is CB(O)N1CCC2(CCc3cn(C)nc32)CC1. The van der Waals surface area contributed by atoms with Gasteiger partial charge in [-0.05, 0) is 51.2 Å². The topological polar surface area (TPSA) is 41.3 Å². The van der Waals surface area contributed by atoms with Gasteiger partial charge in [-0.15, -0.1) is 0 Å². The molecule has 1 spiro atoms. The molecular weight excluding hydrogens is 213 g/mol. The summed E-state index contributed by atoms with van der Waals surface area (Å²) in [4.78, 5) is 2.16. The zero-order valence-corrected chi connectivity index (χ0v) is 10.7. The van der Waals surface area contributed by atoms with E-state index in [1.807, 2.05) is 18.6 Å². The third-order valence-electron chi connectivity index (χ3n) is 4.56. The summed E-state index contributed by atoms with van der Waals surface area (Å²) in [7, 11) is 1.70. The second-order valence-corrected chi connectivity index (χ2v) is 5.62. The van der Waals surface area contributed by atoms with Crippen molar-refractivity contribution in [2.75, 3.05) is 13.1 Å². The fourth-order valence-electron chi connectivity index (χ4n) is 3.47. The summed E-state index contributed by atoms with van der Waals surface area (Å²) < 4.78 is 1.95. The Morgan fingerprint density at radius 3 is 2.71 bits per heavy atom. The van der Waals surface area contributed by atoms with Gasteiger partial charge in [0.2, 0.25) is 0 Å². The first-order chi connectivity index (χ1) is 8.11. The highest BCUT2D eigenvalue weighted by atomic mass is 16.2. The zero-order chi connectivity index (χ0) is 12.0. The lowest BCUT2D eigenvalue weighted by Crippen LogP contribution is -2.47. The second kappa shape index (κ2) is 3.85. The van der Waals surface area contributed by atoms with Crippen LogP contribution >= 0.6 is 0 Å². The molecule has 2 heterocycles. The van der Waals surface area contributed by atoms with Gasteiger partial charge in [0.25, 0.3) is 0 Å². The number of aromatic nitrogens is 2. The Kier molecular flexibility index (Phi) is 2.56. The molecule has 0 radical (unpaired) electrons. The third-order valence-corrected chi connectivity index (χ3v) is 4.56. The molecule has 0 bridgehead atoms. The van der Waals surface area contributed by atoms with Gasteiger partial charge in [-0.2, -0.15) is 5.10 Å². The van der Waals surface area contributed by atoms with Gasteiger partial charge >= 0.3 is 7.05 Å². The van der Waals surface area contributed by atoms with E-state index in [1.54, 1.807) is 0 Å². The summed E-state index contributed by atoms with van der Waals surface area (Å²) in [6.07, 6.45) is 6.88. The Hall–Kier alpha value is -0.805. The minimum Gasteiger partial charge on any atom is -0.437 e. The van der Waals surface area contributed by atoms with Gasteiger partial charge in [-0.1, -0.05) is 0 Å². The fourth-order valence-corrected chi connectivity index (χ4v) is 3.47. The quantitative estimate of drug-likeness (QED) is 0.730. The molecule has 5 heteroatoms. The molecule has 17 heavy (non-hydrogen) atoms. The van der Waals surface area contributed by atoms with Crippen LogP contribution in [0.4, 0.5) is 0 Å². The molecule has 1 N–H and O–H groups in total. The van der Waals surface area contributed by atoms with E-state index in [2.05, 4.69) is 16.1 Å². The first-order valence-electron chi connectivity index (χ1n) is 6.56. The smallest absolute Gasteiger partial charge is 0.376 e. The van der Waals surface area contributed by atoms with E-state index in [9.17, 15) is 5.02 Å². The maximum atomic E-state index is 9.61. The van der Waals surface area contributed by atoms with Crippen molar-refractivity contribution >= 4 is 7.05 Å². The van der Waals surface area contributed by atoms with Gasteiger partial charge in [0.05, 0.1) is 5.69 Å². The molecule has 1 fully saturated rings. The Balaban J connectivity index is 1.82. The molecule has 2 aliphatic rings. The van der Waals surface area contributed by atoms with Gasteiger partial charge in [0, 0.05) is 18.7 Å². The van der Waals surface area contributed by atoms with Crippen LogP contribution in [-0.2, 0) is 18.9 Å². The first kappa shape index (κ1) is 11.3. The summed E-state index contributed by atoms with van der Waals surface area (Å²) in [6.45, 7) is 3.85. The van der Waals surface area contributed by atoms with E-state index >= 15 is 0 Å². The average molecular weight is 233 g/mol. The number of fused-ring (bicyclic) bond motifs is 2. The Labute approximate surface area is 103 Å². The van der Waals surface area contributed by atoms with Crippen molar-refractivity contribution in [1.82, 2.24) is 14.6 Å². The molecule has 0 atom stereocenters. The summed E-state index contributed by atoms with van der Waals surface area (Å²) in [5.41, 5.74) is 3.09. The molecule has 0 amide bonds. The maximum Gasteiger partial charge on any atom is 0.376 e. The zero-order valence-electron chi connectivity index (χ0n) is 10.7. The van der Waals surface area contributed by atoms with Crippen molar-refractivity contribution in [3.8, 4) is 0 Å². The Morgan fingerprint density at radius 1 is 1.35 bits per heavy atom. The van der Waals surface area contributed by atoms with E-state index in [4.69, 9.17) is 0 Å². The van der Waals surface area contributed by atoms with Crippen molar-refractivity contribution < 1.29 is 5.02 Å². The summed E-state index contributed by atoms with van der Waals surface area (Å²) in [5.74, 6) is 0. The van der Waals surface area contributed by atoms with Crippen molar-refractivity contribution in [2.24, 2.45) is 7.05 Å². The summed E-state index contributed by atoms with van der Waals surface area (Å²) in [6, 6.07) is 0. The number of nitrogens with zero attached hydrogens (tertiary/aromatic N) is 3. The van der Waals surface area contributed by atoms with E-state index < -0.39 is 0 Å². The minimum atomic E-state index is -0.308. The molecule has 0 unspecified atom stereocenters. The maximum absolute atomic E-state index is 9.61. The van der Waals surface area contributed by atoms with Crippen molar-refractivity contribution in [3.05, 3.63) is 17.5 Å². The van der Waals surface area contributed by atoms with Crippen LogP contribution in [0.15, 0.2) is 6.20 Å². The fraction of sp³-hybridized carbons (Fsp3) is 0.750. The molecule has 92 valence electrons. The highest BCUT2D eigenvalue weighted by molar-refractivity contribution is 6.45. The van der Waals surface area contributed by atoms with Gasteiger partial charge < -0.3 is 9.83 Å². The highest BCUT2D eigenvalue weighted by Gasteiger charge is 2.44. The summed E-state index contributed by atoms with van der Waals surface area (Å²) in [5, 5.41) is 14.3. The Bertz CT molecular complexity index is 421. The van der Waals surface area contributed by atoms with Crippen LogP contribution in [0.1, 0.15) is 30.5 Å². The lowest BCUT2D eigenvalue weighted by atomic mass is 9.72. The Morgan fingerprint density at radius 2 is 2.06 bits per heavy atom. The minimum absolute atomic E-state index is 0.308. The average Bonchev–Trinajstić information content (AvgIpc) is 2.81. The number of hydrogen-bond donors (Lipinski definition) is 1. The van der Waals surface area contributed by atoms with Crippen LogP contribution in [0.2, 0.25) is 6.82 Å². The normalized spacial score (nSPS) is 23.0. The number of rotatable bonds is 1. The van der Waals surface area contributed by atoms with Crippen LogP contribution < -0.4 is 0 Å². The van der Waals surface area contributed by atoms with Crippen LogP contribution in [0.5, 0.6) is 0 Å². The predicted molar refractivity (Wildman–Crippen MR) is 67.9 cm³/mol. The van der Waals surface area contributed by atoms with E-state index in [-0.39, 0.29) is 7.05 Å². The van der Waals surface area contributed by atoms with E-state index in [1.165, 1.54) is 24.1 Å². The van der Waals surface area contributed by atoms with Crippen molar-refractivity contribution in [3.63, 3.8) is 0 Å². The molecule has 4 nitrogen and oxygen atoms in total. The lowest BCUT2D eigenvalue weighted by Gasteiger charge is -2.39. The summed E-state index contributed by atoms with van der Waals surface area (Å²) >= 11 is 0. The largest absolute Gasteiger partial charge is 0.437 e. The molecule has 0 saturated carbocycles. The molecule has 1 aliphatic heterocycles. The number of hydrogen-bond acceptors (Lipinski definition) is 3. The van der Waals surface area contributed by atoms with Gasteiger partial charge in [-0.3, -0.25) is 4.68 Å². The number of aryl methyl sites for hydroxylation is 2. The van der Waals surface area contributed by atoms with Crippen LogP contribution in [0.3, 0.4) is 0 Å². The molecule has 1 aliphatic carbocycles. The predicted octanol–water partition coefficient (Wildman–Crippen LogP) is 0.810. The molecule has 3 rings (SSSR count). The highest BCUT2D eigenvalue weighted by Crippen LogP contribution is 2.45. The van der Waals surface area contributed by atoms with Crippen LogP contribution in [0, 0.1) is 0 Å². The lowest BCUT2D eigenvalue weighted by molar-refractivity contribution is 0.209. The number of piperidine rings is 1. The van der Waals surface area contributed by atoms with Crippen molar-refractivity contribution in [1.29, 1.82) is 0 Å². The van der Waals surface area contributed by atoms with E-state index in [0.29, 0.717) is 5.41 Å². The molecule has 1 aromatic rings. The van der Waals surface area contributed by atoms with Gasteiger partial charge in [0.1, 0.15) is 0 Å².